The van der Waals surface area contributed by atoms with Crippen LogP contribution in [0.4, 0.5) is 5.82 Å². The maximum absolute atomic E-state index is 8.54. The molecule has 0 unspecified atom stereocenters. The Labute approximate surface area is 119 Å². The Morgan fingerprint density at radius 1 is 1.44 bits per heavy atom. The van der Waals surface area contributed by atoms with Crippen molar-refractivity contribution >= 4 is 34.2 Å². The predicted octanol–water partition coefficient (Wildman–Crippen LogP) is -0.0504. The standard InChI is InChI=1S/C10H15IN6O/c11-8-5-13-7-14-10(8)17-3-1-16(2-4-17)6-9(12)15-18/h5,7,18H,1-4,6H2,(H2,12,15). The molecule has 1 aliphatic rings. The largest absolute Gasteiger partial charge is 0.409 e. The van der Waals surface area contributed by atoms with Crippen molar-refractivity contribution in [3.63, 3.8) is 0 Å². The van der Waals surface area contributed by atoms with E-state index in [4.69, 9.17) is 10.9 Å². The van der Waals surface area contributed by atoms with Crippen molar-refractivity contribution in [2.45, 2.75) is 0 Å². The maximum Gasteiger partial charge on any atom is 0.153 e. The van der Waals surface area contributed by atoms with Crippen LogP contribution in [0.15, 0.2) is 17.7 Å². The van der Waals surface area contributed by atoms with Crippen LogP contribution in [0.25, 0.3) is 0 Å². The first-order chi connectivity index (χ1) is 8.70. The molecule has 0 aliphatic carbocycles. The van der Waals surface area contributed by atoms with Gasteiger partial charge in [0.2, 0.25) is 0 Å². The molecule has 8 heteroatoms. The van der Waals surface area contributed by atoms with Gasteiger partial charge in [-0.15, -0.1) is 0 Å². The van der Waals surface area contributed by atoms with Gasteiger partial charge in [0.15, 0.2) is 5.84 Å². The first-order valence-electron chi connectivity index (χ1n) is 5.60. The third-order valence-electron chi connectivity index (χ3n) is 2.83. The Balaban J connectivity index is 1.93. The number of aromatic nitrogens is 2. The molecule has 1 aromatic heterocycles. The summed E-state index contributed by atoms with van der Waals surface area (Å²) >= 11 is 2.24. The number of halogens is 1. The van der Waals surface area contributed by atoms with Crippen LogP contribution in [0.2, 0.25) is 0 Å². The molecule has 0 atom stereocenters. The van der Waals surface area contributed by atoms with Gasteiger partial charge in [-0.1, -0.05) is 5.16 Å². The van der Waals surface area contributed by atoms with E-state index in [0.29, 0.717) is 6.54 Å². The summed E-state index contributed by atoms with van der Waals surface area (Å²) in [5.41, 5.74) is 5.50. The summed E-state index contributed by atoms with van der Waals surface area (Å²) in [5, 5.41) is 11.5. The highest BCUT2D eigenvalue weighted by Gasteiger charge is 2.20. The van der Waals surface area contributed by atoms with E-state index in [2.05, 4.69) is 47.5 Å². The Bertz CT molecular complexity index is 432. The predicted molar refractivity (Wildman–Crippen MR) is 76.8 cm³/mol. The van der Waals surface area contributed by atoms with Crippen LogP contribution in [-0.2, 0) is 0 Å². The van der Waals surface area contributed by atoms with E-state index < -0.39 is 0 Å². The number of anilines is 1. The summed E-state index contributed by atoms with van der Waals surface area (Å²) in [4.78, 5) is 12.7. The fourth-order valence-electron chi connectivity index (χ4n) is 1.92. The zero-order chi connectivity index (χ0) is 13.0. The molecule has 0 amide bonds. The molecule has 1 aliphatic heterocycles. The van der Waals surface area contributed by atoms with E-state index in [1.807, 2.05) is 6.20 Å². The molecule has 2 rings (SSSR count). The summed E-state index contributed by atoms with van der Waals surface area (Å²) < 4.78 is 1.06. The third kappa shape index (κ3) is 3.19. The molecular weight excluding hydrogens is 347 g/mol. The molecule has 0 bridgehead atoms. The first kappa shape index (κ1) is 13.3. The minimum atomic E-state index is 0.250. The van der Waals surface area contributed by atoms with E-state index in [1.165, 1.54) is 0 Å². The molecule has 0 spiro atoms. The van der Waals surface area contributed by atoms with Gasteiger partial charge in [0.1, 0.15) is 12.1 Å². The van der Waals surface area contributed by atoms with E-state index in [1.54, 1.807) is 6.33 Å². The van der Waals surface area contributed by atoms with E-state index in [-0.39, 0.29) is 5.84 Å². The van der Waals surface area contributed by atoms with Crippen LogP contribution in [0, 0.1) is 3.57 Å². The number of hydrogen-bond donors (Lipinski definition) is 2. The summed E-state index contributed by atoms with van der Waals surface area (Å²) in [6, 6.07) is 0. The van der Waals surface area contributed by atoms with Crippen molar-refractivity contribution < 1.29 is 5.21 Å². The second-order valence-corrected chi connectivity index (χ2v) is 5.21. The normalized spacial score (nSPS) is 18.1. The smallest absolute Gasteiger partial charge is 0.153 e. The molecule has 3 N–H and O–H groups in total. The highest BCUT2D eigenvalue weighted by molar-refractivity contribution is 14.1. The lowest BCUT2D eigenvalue weighted by Gasteiger charge is -2.35. The van der Waals surface area contributed by atoms with Gasteiger partial charge in [-0.05, 0) is 22.6 Å². The van der Waals surface area contributed by atoms with Crippen molar-refractivity contribution in [1.82, 2.24) is 14.9 Å². The van der Waals surface area contributed by atoms with Gasteiger partial charge >= 0.3 is 0 Å². The Morgan fingerprint density at radius 3 is 2.78 bits per heavy atom. The van der Waals surface area contributed by atoms with Gasteiger partial charge in [0.25, 0.3) is 0 Å². The lowest BCUT2D eigenvalue weighted by Crippen LogP contribution is -2.49. The van der Waals surface area contributed by atoms with Gasteiger partial charge in [-0.3, -0.25) is 4.90 Å². The van der Waals surface area contributed by atoms with Crippen molar-refractivity contribution in [1.29, 1.82) is 0 Å². The van der Waals surface area contributed by atoms with Gasteiger partial charge in [-0.25, -0.2) is 9.97 Å². The minimum absolute atomic E-state index is 0.250. The number of oxime groups is 1. The fourth-order valence-corrected chi connectivity index (χ4v) is 2.56. The van der Waals surface area contributed by atoms with Crippen LogP contribution in [0.5, 0.6) is 0 Å². The van der Waals surface area contributed by atoms with Gasteiger partial charge < -0.3 is 15.8 Å². The number of amidine groups is 1. The van der Waals surface area contributed by atoms with Crippen LogP contribution in [0.1, 0.15) is 0 Å². The average Bonchev–Trinajstić information content (AvgIpc) is 2.40. The number of hydrogen-bond acceptors (Lipinski definition) is 6. The lowest BCUT2D eigenvalue weighted by atomic mass is 10.3. The quantitative estimate of drug-likeness (QED) is 0.258. The second kappa shape index (κ2) is 6.14. The summed E-state index contributed by atoms with van der Waals surface area (Å²) in [6.45, 7) is 4.01. The Kier molecular flexibility index (Phi) is 4.53. The SMILES string of the molecule is NC(CN1CCN(c2ncncc2I)CC1)=NO. The molecule has 0 saturated carbocycles. The van der Waals surface area contributed by atoms with Crippen LogP contribution in [-0.4, -0.2) is 58.6 Å². The van der Waals surface area contributed by atoms with Crippen LogP contribution >= 0.6 is 22.6 Å². The molecule has 1 fully saturated rings. The molecular formula is C10H15IN6O. The molecule has 1 saturated heterocycles. The highest BCUT2D eigenvalue weighted by Crippen LogP contribution is 2.19. The average molecular weight is 362 g/mol. The number of nitrogens with two attached hydrogens (primary N) is 1. The molecule has 18 heavy (non-hydrogen) atoms. The van der Waals surface area contributed by atoms with E-state index >= 15 is 0 Å². The minimum Gasteiger partial charge on any atom is -0.409 e. The van der Waals surface area contributed by atoms with Crippen LogP contribution < -0.4 is 10.6 Å². The summed E-state index contributed by atoms with van der Waals surface area (Å²) in [6.07, 6.45) is 3.38. The van der Waals surface area contributed by atoms with Crippen LogP contribution in [0.3, 0.4) is 0 Å². The van der Waals surface area contributed by atoms with Gasteiger partial charge in [0.05, 0.1) is 10.1 Å². The zero-order valence-electron chi connectivity index (χ0n) is 9.83. The maximum atomic E-state index is 8.54. The number of piperazine rings is 1. The number of rotatable bonds is 3. The van der Waals surface area contributed by atoms with Gasteiger partial charge in [0, 0.05) is 32.4 Å². The van der Waals surface area contributed by atoms with Crippen molar-refractivity contribution in [3.05, 3.63) is 16.1 Å². The second-order valence-electron chi connectivity index (χ2n) is 4.05. The zero-order valence-corrected chi connectivity index (χ0v) is 12.0. The van der Waals surface area contributed by atoms with Crippen molar-refractivity contribution in [2.24, 2.45) is 10.9 Å². The Morgan fingerprint density at radius 2 is 2.17 bits per heavy atom. The van der Waals surface area contributed by atoms with Gasteiger partial charge in [-0.2, -0.15) is 0 Å². The highest BCUT2D eigenvalue weighted by atomic mass is 127. The molecule has 7 nitrogen and oxygen atoms in total. The molecule has 2 heterocycles. The van der Waals surface area contributed by atoms with E-state index in [0.717, 1.165) is 35.6 Å². The summed E-state index contributed by atoms with van der Waals surface area (Å²) in [5.74, 6) is 1.23. The van der Waals surface area contributed by atoms with Crippen molar-refractivity contribution in [2.75, 3.05) is 37.6 Å². The number of nitrogens with zero attached hydrogens (tertiary/aromatic N) is 5. The molecule has 0 aromatic carbocycles. The third-order valence-corrected chi connectivity index (χ3v) is 3.60. The Hall–Kier alpha value is -1.16. The molecule has 98 valence electrons. The molecule has 1 aromatic rings. The van der Waals surface area contributed by atoms with Crippen molar-refractivity contribution in [3.8, 4) is 0 Å². The lowest BCUT2D eigenvalue weighted by molar-refractivity contribution is 0.278. The monoisotopic (exact) mass is 362 g/mol. The summed E-state index contributed by atoms with van der Waals surface area (Å²) in [7, 11) is 0. The molecule has 0 radical (unpaired) electrons. The topological polar surface area (TPSA) is 90.9 Å². The first-order valence-corrected chi connectivity index (χ1v) is 6.68. The van der Waals surface area contributed by atoms with E-state index in [9.17, 15) is 0 Å². The fraction of sp³-hybridized carbons (Fsp3) is 0.500.